The molecule has 208 valence electrons. The van der Waals surface area contributed by atoms with E-state index in [2.05, 4.69) is 4.89 Å². The van der Waals surface area contributed by atoms with Gasteiger partial charge in [0, 0.05) is 38.3 Å². The largest absolute Gasteiger partial charge is 0.491 e. The molecule has 1 aromatic heterocycles. The van der Waals surface area contributed by atoms with Crippen LogP contribution < -0.4 is 15.1 Å². The van der Waals surface area contributed by atoms with E-state index in [4.69, 9.17) is 14.4 Å². The summed E-state index contributed by atoms with van der Waals surface area (Å²) in [6, 6.07) is 8.91. The fourth-order valence-corrected chi connectivity index (χ4v) is 4.47. The Morgan fingerprint density at radius 1 is 1.08 bits per heavy atom. The fraction of sp³-hybridized carbons (Fsp3) is 0.393. The zero-order chi connectivity index (χ0) is 27.9. The van der Waals surface area contributed by atoms with Gasteiger partial charge in [-0.25, -0.2) is 14.2 Å². The molecule has 1 aliphatic heterocycles. The molecule has 1 aliphatic rings. The van der Waals surface area contributed by atoms with Crippen LogP contribution in [0.3, 0.4) is 0 Å². The van der Waals surface area contributed by atoms with Crippen LogP contribution in [0.15, 0.2) is 47.4 Å². The summed E-state index contributed by atoms with van der Waals surface area (Å²) in [5, 5.41) is 3.43. The standard InChI is InChI=1S/C28H32FN3O7/c1-4-14-37-24-11-10-23(29)26-27(24)30(18-25(34)32(5-2)31-12-15-36-16-13-31)17-22(28(26)35)20-6-8-21(9-7-20)39-38-19(3)33/h6-11,17H,4-5,12-16,18H2,1-3H3. The zero-order valence-electron chi connectivity index (χ0n) is 22.3. The molecule has 0 atom stereocenters. The summed E-state index contributed by atoms with van der Waals surface area (Å²) in [7, 11) is 0. The first-order chi connectivity index (χ1) is 18.8. The molecule has 4 rings (SSSR count). The predicted molar refractivity (Wildman–Crippen MR) is 142 cm³/mol. The Balaban J connectivity index is 1.81. The average Bonchev–Trinajstić information content (AvgIpc) is 2.94. The molecule has 11 heteroatoms. The first kappa shape index (κ1) is 28.1. The van der Waals surface area contributed by atoms with Crippen molar-refractivity contribution >= 4 is 22.8 Å². The third-order valence-corrected chi connectivity index (χ3v) is 6.24. The van der Waals surface area contributed by atoms with E-state index in [1.54, 1.807) is 27.9 Å². The van der Waals surface area contributed by atoms with Crippen LogP contribution in [0.1, 0.15) is 27.2 Å². The second kappa shape index (κ2) is 12.7. The number of likely N-dealkylation sites (N-methyl/N-ethyl adjacent to an activating group) is 1. The highest BCUT2D eigenvalue weighted by Gasteiger charge is 2.25. The molecule has 39 heavy (non-hydrogen) atoms. The number of aromatic nitrogens is 1. The highest BCUT2D eigenvalue weighted by molar-refractivity contribution is 5.90. The van der Waals surface area contributed by atoms with Crippen LogP contribution in [0.2, 0.25) is 0 Å². The van der Waals surface area contributed by atoms with Crippen LogP contribution in [-0.2, 0) is 25.8 Å². The van der Waals surface area contributed by atoms with Crippen molar-refractivity contribution in [3.05, 3.63) is 58.6 Å². The van der Waals surface area contributed by atoms with E-state index in [1.165, 1.54) is 31.2 Å². The minimum atomic E-state index is -0.711. The number of ether oxygens (including phenoxy) is 2. The molecule has 1 amide bonds. The molecule has 0 aliphatic carbocycles. The number of benzene rings is 2. The number of hydrogen-bond acceptors (Lipinski definition) is 8. The first-order valence-corrected chi connectivity index (χ1v) is 12.9. The molecule has 0 saturated carbocycles. The molecule has 3 aromatic rings. The van der Waals surface area contributed by atoms with E-state index < -0.39 is 17.2 Å². The maximum Gasteiger partial charge on any atom is 0.352 e. The van der Waals surface area contributed by atoms with Gasteiger partial charge < -0.3 is 14.0 Å². The SMILES string of the molecule is CCCOc1ccc(F)c2c(=O)c(-c3ccc(OOC(C)=O)cc3)cn(CC(=O)N(CC)N3CCOCC3)c12. The number of pyridine rings is 1. The maximum atomic E-state index is 15.3. The zero-order valence-corrected chi connectivity index (χ0v) is 22.3. The lowest BCUT2D eigenvalue weighted by Crippen LogP contribution is -2.52. The number of amides is 1. The van der Waals surface area contributed by atoms with Gasteiger partial charge in [0.1, 0.15) is 18.1 Å². The molecule has 0 radical (unpaired) electrons. The first-order valence-electron chi connectivity index (χ1n) is 12.9. The summed E-state index contributed by atoms with van der Waals surface area (Å²) < 4.78 is 28.1. The van der Waals surface area contributed by atoms with Crippen molar-refractivity contribution in [3.63, 3.8) is 0 Å². The van der Waals surface area contributed by atoms with Crippen molar-refractivity contribution in [2.24, 2.45) is 0 Å². The van der Waals surface area contributed by atoms with Crippen molar-refractivity contribution in [3.8, 4) is 22.6 Å². The van der Waals surface area contributed by atoms with Gasteiger partial charge in [-0.2, -0.15) is 0 Å². The van der Waals surface area contributed by atoms with E-state index in [0.29, 0.717) is 57.2 Å². The summed E-state index contributed by atoms with van der Waals surface area (Å²) >= 11 is 0. The summed E-state index contributed by atoms with van der Waals surface area (Å²) in [6.45, 7) is 7.90. The van der Waals surface area contributed by atoms with Gasteiger partial charge in [0.2, 0.25) is 0 Å². The number of halogens is 1. The van der Waals surface area contributed by atoms with E-state index in [0.717, 1.165) is 0 Å². The van der Waals surface area contributed by atoms with Gasteiger partial charge in [-0.1, -0.05) is 19.1 Å². The summed E-state index contributed by atoms with van der Waals surface area (Å²) in [4.78, 5) is 47.7. The maximum absolute atomic E-state index is 15.3. The summed E-state index contributed by atoms with van der Waals surface area (Å²) in [5.41, 5.74) is 0.342. The van der Waals surface area contributed by atoms with Crippen LogP contribution in [0, 0.1) is 5.82 Å². The monoisotopic (exact) mass is 541 g/mol. The molecule has 10 nitrogen and oxygen atoms in total. The van der Waals surface area contributed by atoms with Crippen LogP contribution >= 0.6 is 0 Å². The normalized spacial score (nSPS) is 13.7. The lowest BCUT2D eigenvalue weighted by Gasteiger charge is -2.36. The van der Waals surface area contributed by atoms with Crippen molar-refractivity contribution < 1.29 is 33.2 Å². The van der Waals surface area contributed by atoms with Crippen molar-refractivity contribution in [1.82, 2.24) is 14.6 Å². The van der Waals surface area contributed by atoms with Crippen molar-refractivity contribution in [2.75, 3.05) is 39.5 Å². The van der Waals surface area contributed by atoms with Gasteiger partial charge >= 0.3 is 5.97 Å². The predicted octanol–water partition coefficient (Wildman–Crippen LogP) is 3.55. The van der Waals surface area contributed by atoms with Crippen LogP contribution in [0.4, 0.5) is 4.39 Å². The van der Waals surface area contributed by atoms with Gasteiger partial charge in [0.15, 0.2) is 11.2 Å². The Bertz CT molecular complexity index is 1380. The molecule has 0 bridgehead atoms. The lowest BCUT2D eigenvalue weighted by atomic mass is 10.0. The number of nitrogens with zero attached hydrogens (tertiary/aromatic N) is 3. The Hall–Kier alpha value is -3.96. The Morgan fingerprint density at radius 2 is 1.79 bits per heavy atom. The number of hydrazine groups is 1. The topological polar surface area (TPSA) is 99.5 Å². The Morgan fingerprint density at radius 3 is 2.44 bits per heavy atom. The van der Waals surface area contributed by atoms with Gasteiger partial charge in [-0.05, 0) is 43.2 Å². The Kier molecular flexibility index (Phi) is 9.15. The second-order valence-corrected chi connectivity index (χ2v) is 8.98. The Labute approximate surface area is 225 Å². The molecular weight excluding hydrogens is 509 g/mol. The number of hydrogen-bond donors (Lipinski definition) is 0. The number of carbonyl (C=O) groups excluding carboxylic acids is 2. The second-order valence-electron chi connectivity index (χ2n) is 8.98. The van der Waals surface area contributed by atoms with E-state index in [1.807, 2.05) is 18.9 Å². The lowest BCUT2D eigenvalue weighted by molar-refractivity contribution is -0.210. The fourth-order valence-electron chi connectivity index (χ4n) is 4.47. The van der Waals surface area contributed by atoms with Crippen molar-refractivity contribution in [1.29, 1.82) is 0 Å². The molecule has 1 saturated heterocycles. The number of morpholine rings is 1. The van der Waals surface area contributed by atoms with Gasteiger partial charge in [0.25, 0.3) is 5.91 Å². The summed E-state index contributed by atoms with van der Waals surface area (Å²) in [6.07, 6.45) is 2.26. The minimum Gasteiger partial charge on any atom is -0.491 e. The molecule has 2 aromatic carbocycles. The van der Waals surface area contributed by atoms with Gasteiger partial charge in [0.05, 0.1) is 30.7 Å². The number of carbonyl (C=O) groups is 2. The summed E-state index contributed by atoms with van der Waals surface area (Å²) in [5.74, 6) is -0.973. The van der Waals surface area contributed by atoms with Crippen LogP contribution in [0.5, 0.6) is 11.5 Å². The number of rotatable bonds is 10. The van der Waals surface area contributed by atoms with Crippen molar-refractivity contribution in [2.45, 2.75) is 33.7 Å². The third-order valence-electron chi connectivity index (χ3n) is 6.24. The smallest absolute Gasteiger partial charge is 0.352 e. The highest BCUT2D eigenvalue weighted by atomic mass is 19.1. The quantitative estimate of drug-likeness (QED) is 0.284. The van der Waals surface area contributed by atoms with E-state index in [9.17, 15) is 14.4 Å². The molecule has 0 N–H and O–H groups in total. The molecule has 0 spiro atoms. The highest BCUT2D eigenvalue weighted by Crippen LogP contribution is 2.30. The molecule has 0 unspecified atom stereocenters. The van der Waals surface area contributed by atoms with Gasteiger partial charge in [-0.15, -0.1) is 0 Å². The van der Waals surface area contributed by atoms with E-state index >= 15 is 4.39 Å². The number of fused-ring (bicyclic) bond motifs is 1. The van der Waals surface area contributed by atoms with Crippen LogP contribution in [0.25, 0.3) is 22.0 Å². The molecule has 2 heterocycles. The van der Waals surface area contributed by atoms with Gasteiger partial charge in [-0.3, -0.25) is 24.4 Å². The van der Waals surface area contributed by atoms with Crippen LogP contribution in [-0.4, -0.2) is 65.9 Å². The average molecular weight is 542 g/mol. The molecular formula is C28H32FN3O7. The molecule has 1 fully saturated rings. The van der Waals surface area contributed by atoms with E-state index in [-0.39, 0.29) is 34.7 Å². The third kappa shape index (κ3) is 6.37. The minimum absolute atomic E-state index is 0.144.